The third-order valence-corrected chi connectivity index (χ3v) is 4.65. The van der Waals surface area contributed by atoms with Gasteiger partial charge in [-0.15, -0.1) is 11.3 Å². The largest absolute Gasteiger partial charge is 0.329 e. The Morgan fingerprint density at radius 1 is 1.42 bits per heavy atom. The van der Waals surface area contributed by atoms with E-state index in [4.69, 9.17) is 5.73 Å². The standard InChI is InChI=1S/C15H19N3S/c1-10-3-4-12-7-18(14(6-16)13(12)5-10)8-15-17-11(2)9-19-15/h3-5,9,14H,6-8,16H2,1-2H3. The van der Waals surface area contributed by atoms with Crippen LogP contribution in [0, 0.1) is 13.8 Å². The van der Waals surface area contributed by atoms with E-state index in [1.165, 1.54) is 21.7 Å². The van der Waals surface area contributed by atoms with E-state index in [1.54, 1.807) is 11.3 Å². The van der Waals surface area contributed by atoms with Gasteiger partial charge in [0.15, 0.2) is 0 Å². The molecule has 0 amide bonds. The molecule has 3 rings (SSSR count). The summed E-state index contributed by atoms with van der Waals surface area (Å²) in [5.41, 5.74) is 11.2. The lowest BCUT2D eigenvalue weighted by Crippen LogP contribution is -2.27. The first-order valence-corrected chi connectivity index (χ1v) is 7.50. The lowest BCUT2D eigenvalue weighted by atomic mass is 10.0. The van der Waals surface area contributed by atoms with E-state index < -0.39 is 0 Å². The molecule has 1 aliphatic heterocycles. The number of hydrogen-bond acceptors (Lipinski definition) is 4. The number of rotatable bonds is 3. The smallest absolute Gasteiger partial charge is 0.107 e. The molecule has 100 valence electrons. The molecule has 3 nitrogen and oxygen atoms in total. The fourth-order valence-electron chi connectivity index (χ4n) is 2.79. The Hall–Kier alpha value is -1.23. The Labute approximate surface area is 118 Å². The molecule has 0 spiro atoms. The number of nitrogens with two attached hydrogens (primary N) is 1. The molecule has 0 bridgehead atoms. The van der Waals surface area contributed by atoms with Crippen LogP contribution in [0.2, 0.25) is 0 Å². The van der Waals surface area contributed by atoms with Crippen LogP contribution in [0.3, 0.4) is 0 Å². The highest BCUT2D eigenvalue weighted by Crippen LogP contribution is 2.34. The summed E-state index contributed by atoms with van der Waals surface area (Å²) in [6.45, 7) is 6.73. The fraction of sp³-hybridized carbons (Fsp3) is 0.400. The van der Waals surface area contributed by atoms with Gasteiger partial charge in [-0.25, -0.2) is 4.98 Å². The zero-order chi connectivity index (χ0) is 13.4. The maximum atomic E-state index is 5.99. The number of fused-ring (bicyclic) bond motifs is 1. The van der Waals surface area contributed by atoms with Gasteiger partial charge in [0.2, 0.25) is 0 Å². The molecule has 0 saturated heterocycles. The van der Waals surface area contributed by atoms with E-state index in [0.717, 1.165) is 18.8 Å². The molecular weight excluding hydrogens is 254 g/mol. The second kappa shape index (κ2) is 5.04. The van der Waals surface area contributed by atoms with Crippen molar-refractivity contribution in [3.05, 3.63) is 51.0 Å². The molecule has 0 fully saturated rings. The van der Waals surface area contributed by atoms with E-state index in [9.17, 15) is 0 Å². The summed E-state index contributed by atoms with van der Waals surface area (Å²) in [4.78, 5) is 6.99. The molecular formula is C15H19N3S. The van der Waals surface area contributed by atoms with Crippen molar-refractivity contribution in [2.75, 3.05) is 6.54 Å². The summed E-state index contributed by atoms with van der Waals surface area (Å²) in [6, 6.07) is 7.03. The first-order valence-electron chi connectivity index (χ1n) is 6.62. The van der Waals surface area contributed by atoms with Crippen LogP contribution < -0.4 is 5.73 Å². The highest BCUT2D eigenvalue weighted by Gasteiger charge is 2.29. The zero-order valence-electron chi connectivity index (χ0n) is 11.4. The van der Waals surface area contributed by atoms with Crippen molar-refractivity contribution < 1.29 is 0 Å². The van der Waals surface area contributed by atoms with Crippen LogP contribution in [0.4, 0.5) is 0 Å². The molecule has 19 heavy (non-hydrogen) atoms. The Kier molecular flexibility index (Phi) is 3.39. The summed E-state index contributed by atoms with van der Waals surface area (Å²) < 4.78 is 0. The van der Waals surface area contributed by atoms with Gasteiger partial charge in [-0.3, -0.25) is 4.90 Å². The molecule has 1 aliphatic rings. The van der Waals surface area contributed by atoms with Gasteiger partial charge in [0.25, 0.3) is 0 Å². The minimum atomic E-state index is 0.333. The van der Waals surface area contributed by atoms with Crippen LogP contribution in [0.5, 0.6) is 0 Å². The minimum absolute atomic E-state index is 0.333. The first-order chi connectivity index (χ1) is 9.17. The SMILES string of the molecule is Cc1ccc2c(c1)C(CN)N(Cc1nc(C)cs1)C2. The molecule has 0 aliphatic carbocycles. The van der Waals surface area contributed by atoms with Gasteiger partial charge in [-0.2, -0.15) is 0 Å². The van der Waals surface area contributed by atoms with Crippen molar-refractivity contribution in [2.24, 2.45) is 5.73 Å². The quantitative estimate of drug-likeness (QED) is 0.935. The van der Waals surface area contributed by atoms with Gasteiger partial charge >= 0.3 is 0 Å². The van der Waals surface area contributed by atoms with Crippen molar-refractivity contribution >= 4 is 11.3 Å². The van der Waals surface area contributed by atoms with Gasteiger partial charge in [0, 0.05) is 30.2 Å². The van der Waals surface area contributed by atoms with E-state index in [-0.39, 0.29) is 0 Å². The van der Waals surface area contributed by atoms with Crippen LogP contribution >= 0.6 is 11.3 Å². The summed E-state index contributed by atoms with van der Waals surface area (Å²) >= 11 is 1.74. The van der Waals surface area contributed by atoms with Crippen molar-refractivity contribution in [2.45, 2.75) is 33.0 Å². The molecule has 1 aromatic heterocycles. The van der Waals surface area contributed by atoms with E-state index in [1.807, 2.05) is 6.92 Å². The molecule has 0 saturated carbocycles. The molecule has 2 N–H and O–H groups in total. The number of aromatic nitrogens is 1. The number of thiazole rings is 1. The second-order valence-electron chi connectivity index (χ2n) is 5.24. The van der Waals surface area contributed by atoms with Gasteiger partial charge in [0.05, 0.1) is 6.54 Å². The molecule has 0 radical (unpaired) electrons. The van der Waals surface area contributed by atoms with Crippen molar-refractivity contribution in [1.29, 1.82) is 0 Å². The molecule has 2 heterocycles. The van der Waals surface area contributed by atoms with Crippen molar-refractivity contribution in [1.82, 2.24) is 9.88 Å². The molecule has 4 heteroatoms. The Bertz CT molecular complexity index is 591. The third kappa shape index (κ3) is 2.43. The van der Waals surface area contributed by atoms with Crippen LogP contribution in [0.1, 0.15) is 33.4 Å². The van der Waals surface area contributed by atoms with Crippen molar-refractivity contribution in [3.63, 3.8) is 0 Å². The maximum absolute atomic E-state index is 5.99. The average molecular weight is 273 g/mol. The summed E-state index contributed by atoms with van der Waals surface area (Å²) in [5.74, 6) is 0. The molecule has 1 unspecified atom stereocenters. The summed E-state index contributed by atoms with van der Waals surface area (Å²) in [5, 5.41) is 3.29. The predicted octanol–water partition coefficient (Wildman–Crippen LogP) is 2.78. The monoisotopic (exact) mass is 273 g/mol. The van der Waals surface area contributed by atoms with E-state index >= 15 is 0 Å². The second-order valence-corrected chi connectivity index (χ2v) is 6.18. The third-order valence-electron chi connectivity index (χ3n) is 3.70. The number of hydrogen-bond donors (Lipinski definition) is 1. The minimum Gasteiger partial charge on any atom is -0.329 e. The van der Waals surface area contributed by atoms with Crippen LogP contribution in [-0.4, -0.2) is 16.4 Å². The van der Waals surface area contributed by atoms with Crippen molar-refractivity contribution in [3.8, 4) is 0 Å². The zero-order valence-corrected chi connectivity index (χ0v) is 12.2. The number of aryl methyl sites for hydroxylation is 2. The van der Waals surface area contributed by atoms with Gasteiger partial charge in [0.1, 0.15) is 5.01 Å². The highest BCUT2D eigenvalue weighted by atomic mass is 32.1. The van der Waals surface area contributed by atoms with Crippen LogP contribution in [0.25, 0.3) is 0 Å². The Morgan fingerprint density at radius 2 is 2.26 bits per heavy atom. The average Bonchev–Trinajstić information content (AvgIpc) is 2.93. The number of benzene rings is 1. The normalized spacial score (nSPS) is 18.8. The maximum Gasteiger partial charge on any atom is 0.107 e. The van der Waals surface area contributed by atoms with Gasteiger partial charge in [-0.1, -0.05) is 23.8 Å². The number of nitrogens with zero attached hydrogens (tertiary/aromatic N) is 2. The van der Waals surface area contributed by atoms with E-state index in [2.05, 4.69) is 40.4 Å². The predicted molar refractivity (Wildman–Crippen MR) is 79.1 cm³/mol. The Morgan fingerprint density at radius 3 is 2.95 bits per heavy atom. The topological polar surface area (TPSA) is 42.1 Å². The fourth-order valence-corrected chi connectivity index (χ4v) is 3.58. The molecule has 2 aromatic rings. The lowest BCUT2D eigenvalue weighted by Gasteiger charge is -2.22. The lowest BCUT2D eigenvalue weighted by molar-refractivity contribution is 0.210. The first kappa shape index (κ1) is 12.8. The Balaban J connectivity index is 1.85. The highest BCUT2D eigenvalue weighted by molar-refractivity contribution is 7.09. The van der Waals surface area contributed by atoms with E-state index in [0.29, 0.717) is 12.6 Å². The summed E-state index contributed by atoms with van der Waals surface area (Å²) in [7, 11) is 0. The van der Waals surface area contributed by atoms with Crippen LogP contribution in [-0.2, 0) is 13.1 Å². The summed E-state index contributed by atoms with van der Waals surface area (Å²) in [6.07, 6.45) is 0. The molecule has 1 atom stereocenters. The molecule has 1 aromatic carbocycles. The van der Waals surface area contributed by atoms with Gasteiger partial charge in [-0.05, 0) is 25.0 Å². The van der Waals surface area contributed by atoms with Crippen LogP contribution in [0.15, 0.2) is 23.6 Å². The van der Waals surface area contributed by atoms with Gasteiger partial charge < -0.3 is 5.73 Å².